The van der Waals surface area contributed by atoms with Gasteiger partial charge in [0.2, 0.25) is 0 Å². The molecule has 7 heteroatoms. The van der Waals surface area contributed by atoms with Crippen molar-refractivity contribution in [1.82, 2.24) is 10.3 Å². The molecule has 0 spiro atoms. The molecule has 0 saturated heterocycles. The van der Waals surface area contributed by atoms with Crippen LogP contribution in [-0.4, -0.2) is 44.2 Å². The number of benzene rings is 1. The lowest BCUT2D eigenvalue weighted by molar-refractivity contribution is 0.0937. The summed E-state index contributed by atoms with van der Waals surface area (Å²) in [6.45, 7) is 2.72. The van der Waals surface area contributed by atoms with E-state index in [0.717, 1.165) is 5.56 Å². The van der Waals surface area contributed by atoms with E-state index in [1.165, 1.54) is 19.4 Å². The number of aromatic nitrogens is 1. The molecule has 25 heavy (non-hydrogen) atoms. The first-order chi connectivity index (χ1) is 12.0. The molecule has 7 nitrogen and oxygen atoms in total. The average Bonchev–Trinajstić information content (AvgIpc) is 2.62. The first-order valence-corrected chi connectivity index (χ1v) is 7.74. The van der Waals surface area contributed by atoms with Crippen LogP contribution in [-0.2, 0) is 4.74 Å². The second-order valence-corrected chi connectivity index (χ2v) is 5.34. The van der Waals surface area contributed by atoms with Crippen LogP contribution >= 0.6 is 0 Å². The molecule has 0 aliphatic carbocycles. The fourth-order valence-electron chi connectivity index (χ4n) is 2.17. The van der Waals surface area contributed by atoms with E-state index in [-0.39, 0.29) is 11.6 Å². The number of pyridine rings is 1. The van der Waals surface area contributed by atoms with Crippen molar-refractivity contribution in [2.75, 3.05) is 32.7 Å². The molecule has 1 aromatic heterocycles. The highest BCUT2D eigenvalue weighted by Gasteiger charge is 2.14. The largest absolute Gasteiger partial charge is 0.495 e. The van der Waals surface area contributed by atoms with E-state index in [2.05, 4.69) is 15.6 Å². The molecule has 0 atom stereocenters. The van der Waals surface area contributed by atoms with Crippen LogP contribution in [0.1, 0.15) is 26.4 Å². The molecule has 0 radical (unpaired) electrons. The Morgan fingerprint density at radius 1 is 1.12 bits per heavy atom. The quantitative estimate of drug-likeness (QED) is 0.751. The van der Waals surface area contributed by atoms with Crippen LogP contribution in [0.3, 0.4) is 0 Å². The fourth-order valence-corrected chi connectivity index (χ4v) is 2.17. The van der Waals surface area contributed by atoms with Crippen LogP contribution in [0, 0.1) is 6.92 Å². The number of aryl methyl sites for hydroxylation is 1. The minimum Gasteiger partial charge on any atom is -0.495 e. The molecule has 2 rings (SSSR count). The van der Waals surface area contributed by atoms with E-state index < -0.39 is 5.91 Å². The molecule has 0 fully saturated rings. The number of methoxy groups -OCH3 is 2. The molecule has 132 valence electrons. The lowest BCUT2D eigenvalue weighted by atomic mass is 10.2. The summed E-state index contributed by atoms with van der Waals surface area (Å²) in [6, 6.07) is 8.46. The van der Waals surface area contributed by atoms with Crippen molar-refractivity contribution in [3.8, 4) is 5.75 Å². The summed E-state index contributed by atoms with van der Waals surface area (Å²) in [4.78, 5) is 28.5. The molecule has 2 N–H and O–H groups in total. The van der Waals surface area contributed by atoms with Gasteiger partial charge in [0.15, 0.2) is 0 Å². The number of rotatable bonds is 7. The van der Waals surface area contributed by atoms with Crippen LogP contribution in [0.25, 0.3) is 0 Å². The number of carbonyl (C=O) groups is 2. The summed E-state index contributed by atoms with van der Waals surface area (Å²) in [7, 11) is 3.09. The zero-order chi connectivity index (χ0) is 18.2. The maximum Gasteiger partial charge on any atom is 0.274 e. The molecular formula is C18H21N3O4. The van der Waals surface area contributed by atoms with Gasteiger partial charge in [-0.2, -0.15) is 0 Å². The summed E-state index contributed by atoms with van der Waals surface area (Å²) in [5, 5.41) is 5.46. The van der Waals surface area contributed by atoms with Crippen molar-refractivity contribution < 1.29 is 19.1 Å². The van der Waals surface area contributed by atoms with Crippen molar-refractivity contribution in [3.05, 3.63) is 53.3 Å². The molecule has 0 aliphatic rings. The number of anilines is 1. The Morgan fingerprint density at radius 3 is 2.64 bits per heavy atom. The molecule has 1 aromatic carbocycles. The van der Waals surface area contributed by atoms with Gasteiger partial charge in [0.25, 0.3) is 11.8 Å². The third-order valence-electron chi connectivity index (χ3n) is 3.45. The second kappa shape index (κ2) is 8.79. The molecule has 2 aromatic rings. The standard InChI is InChI=1S/C18H21N3O4/c1-12-4-5-16(25-3)14(10-12)21-18(23)15-11-13(6-7-19-15)17(22)20-8-9-24-2/h4-7,10-11H,8-9H2,1-3H3,(H,20,22)(H,21,23). The summed E-state index contributed by atoms with van der Waals surface area (Å²) in [5.74, 6) is -0.163. The first kappa shape index (κ1) is 18.4. The minimum atomic E-state index is -0.421. The summed E-state index contributed by atoms with van der Waals surface area (Å²) < 4.78 is 10.1. The number of hydrogen-bond donors (Lipinski definition) is 2. The Kier molecular flexibility index (Phi) is 6.47. The van der Waals surface area contributed by atoms with Crippen LogP contribution in [0.15, 0.2) is 36.5 Å². The molecule has 0 aliphatic heterocycles. The van der Waals surface area contributed by atoms with Crippen molar-refractivity contribution >= 4 is 17.5 Å². The Bertz CT molecular complexity index is 762. The predicted molar refractivity (Wildman–Crippen MR) is 94.1 cm³/mol. The minimum absolute atomic E-state index is 0.142. The van der Waals surface area contributed by atoms with Gasteiger partial charge in [-0.15, -0.1) is 0 Å². The van der Waals surface area contributed by atoms with Crippen molar-refractivity contribution in [2.24, 2.45) is 0 Å². The van der Waals surface area contributed by atoms with Crippen molar-refractivity contribution in [3.63, 3.8) is 0 Å². The zero-order valence-electron chi connectivity index (χ0n) is 14.5. The number of amides is 2. The Balaban J connectivity index is 2.13. The predicted octanol–water partition coefficient (Wildman–Crippen LogP) is 2.03. The van der Waals surface area contributed by atoms with Gasteiger partial charge in [-0.25, -0.2) is 0 Å². The number of nitrogens with zero attached hydrogens (tertiary/aromatic N) is 1. The van der Waals surface area contributed by atoms with E-state index in [9.17, 15) is 9.59 Å². The first-order valence-electron chi connectivity index (χ1n) is 7.74. The molecule has 0 saturated carbocycles. The molecule has 0 unspecified atom stereocenters. The number of hydrogen-bond acceptors (Lipinski definition) is 5. The highest BCUT2D eigenvalue weighted by molar-refractivity contribution is 6.05. The Labute approximate surface area is 146 Å². The second-order valence-electron chi connectivity index (χ2n) is 5.34. The van der Waals surface area contributed by atoms with E-state index in [1.54, 1.807) is 25.3 Å². The summed E-state index contributed by atoms with van der Waals surface area (Å²) >= 11 is 0. The molecule has 1 heterocycles. The molecule has 0 bridgehead atoms. The molecular weight excluding hydrogens is 322 g/mol. The van der Waals surface area contributed by atoms with Crippen LogP contribution in [0.4, 0.5) is 5.69 Å². The fraction of sp³-hybridized carbons (Fsp3) is 0.278. The highest BCUT2D eigenvalue weighted by Crippen LogP contribution is 2.25. The van der Waals surface area contributed by atoms with Crippen molar-refractivity contribution in [1.29, 1.82) is 0 Å². The Hall–Kier alpha value is -2.93. The van der Waals surface area contributed by atoms with Crippen LogP contribution in [0.5, 0.6) is 5.75 Å². The average molecular weight is 343 g/mol. The van der Waals surface area contributed by atoms with Crippen LogP contribution < -0.4 is 15.4 Å². The monoisotopic (exact) mass is 343 g/mol. The topological polar surface area (TPSA) is 89.5 Å². The highest BCUT2D eigenvalue weighted by atomic mass is 16.5. The molecule has 2 amide bonds. The van der Waals surface area contributed by atoms with Gasteiger partial charge < -0.3 is 20.1 Å². The van der Waals surface area contributed by atoms with Crippen molar-refractivity contribution in [2.45, 2.75) is 6.92 Å². The number of ether oxygens (including phenoxy) is 2. The Morgan fingerprint density at radius 2 is 1.92 bits per heavy atom. The smallest absolute Gasteiger partial charge is 0.274 e. The number of carbonyl (C=O) groups excluding carboxylic acids is 2. The van der Waals surface area contributed by atoms with E-state index in [0.29, 0.717) is 30.2 Å². The van der Waals surface area contributed by atoms with Gasteiger partial charge >= 0.3 is 0 Å². The van der Waals surface area contributed by atoms with Gasteiger partial charge in [-0.05, 0) is 36.8 Å². The van der Waals surface area contributed by atoms with E-state index >= 15 is 0 Å². The van der Waals surface area contributed by atoms with Gasteiger partial charge in [-0.1, -0.05) is 6.07 Å². The summed E-state index contributed by atoms with van der Waals surface area (Å²) in [5.41, 5.74) is 2.02. The normalized spacial score (nSPS) is 10.2. The zero-order valence-corrected chi connectivity index (χ0v) is 14.5. The summed E-state index contributed by atoms with van der Waals surface area (Å²) in [6.07, 6.45) is 1.42. The third-order valence-corrected chi connectivity index (χ3v) is 3.45. The SMILES string of the molecule is COCCNC(=O)c1ccnc(C(=O)Nc2cc(C)ccc2OC)c1. The van der Waals surface area contributed by atoms with Gasteiger partial charge in [0.1, 0.15) is 11.4 Å². The van der Waals surface area contributed by atoms with Gasteiger partial charge in [-0.3, -0.25) is 14.6 Å². The van der Waals surface area contributed by atoms with Gasteiger partial charge in [0, 0.05) is 25.4 Å². The van der Waals surface area contributed by atoms with E-state index in [1.807, 2.05) is 13.0 Å². The lowest BCUT2D eigenvalue weighted by Gasteiger charge is -2.11. The lowest BCUT2D eigenvalue weighted by Crippen LogP contribution is -2.27. The maximum absolute atomic E-state index is 12.4. The van der Waals surface area contributed by atoms with Crippen LogP contribution in [0.2, 0.25) is 0 Å². The third kappa shape index (κ3) is 5.02. The van der Waals surface area contributed by atoms with Gasteiger partial charge in [0.05, 0.1) is 19.4 Å². The number of nitrogens with one attached hydrogen (secondary N) is 2. The van der Waals surface area contributed by atoms with E-state index in [4.69, 9.17) is 9.47 Å². The maximum atomic E-state index is 12.4.